The van der Waals surface area contributed by atoms with Gasteiger partial charge in [0.2, 0.25) is 10.0 Å². The third-order valence-electron chi connectivity index (χ3n) is 3.85. The van der Waals surface area contributed by atoms with Crippen LogP contribution >= 0.6 is 11.6 Å². The molecular formula is C19H28ClFN2O6S. The summed E-state index contributed by atoms with van der Waals surface area (Å²) in [5.74, 6) is -2.61. The van der Waals surface area contributed by atoms with Crippen molar-refractivity contribution in [2.45, 2.75) is 69.9 Å². The minimum absolute atomic E-state index is 0.353. The Hall–Kier alpha value is -1.91. The summed E-state index contributed by atoms with van der Waals surface area (Å²) in [6.45, 7) is 8.86. The summed E-state index contributed by atoms with van der Waals surface area (Å²) < 4.78 is 46.9. The largest absolute Gasteiger partial charge is 0.478 e. The lowest BCUT2D eigenvalue weighted by molar-refractivity contribution is 0.0526. The van der Waals surface area contributed by atoms with Crippen LogP contribution in [0, 0.1) is 5.82 Å². The topological polar surface area (TPSA) is 122 Å². The Kier molecular flexibility index (Phi) is 8.65. The number of amides is 1. The lowest BCUT2D eigenvalue weighted by atomic mass is 9.99. The smallest absolute Gasteiger partial charge is 0.407 e. The molecule has 30 heavy (non-hydrogen) atoms. The zero-order valence-electron chi connectivity index (χ0n) is 17.6. The highest BCUT2D eigenvalue weighted by molar-refractivity contribution is 7.89. The van der Waals surface area contributed by atoms with Gasteiger partial charge in [-0.15, -0.1) is 0 Å². The van der Waals surface area contributed by atoms with E-state index >= 15 is 0 Å². The van der Waals surface area contributed by atoms with Crippen LogP contribution in [0.2, 0.25) is 5.02 Å². The van der Waals surface area contributed by atoms with E-state index in [0.29, 0.717) is 37.9 Å². The van der Waals surface area contributed by atoms with Gasteiger partial charge in [-0.25, -0.2) is 27.1 Å². The van der Waals surface area contributed by atoms with E-state index in [4.69, 9.17) is 21.4 Å². The number of benzene rings is 1. The van der Waals surface area contributed by atoms with Crippen LogP contribution in [0.3, 0.4) is 0 Å². The maximum Gasteiger partial charge on any atom is 0.407 e. The van der Waals surface area contributed by atoms with Crippen molar-refractivity contribution in [1.82, 2.24) is 10.0 Å². The highest BCUT2D eigenvalue weighted by atomic mass is 35.5. The Balaban J connectivity index is 2.69. The van der Waals surface area contributed by atoms with E-state index in [0.717, 1.165) is 0 Å². The Morgan fingerprint density at radius 3 is 2.30 bits per heavy atom. The van der Waals surface area contributed by atoms with Crippen LogP contribution in [0.4, 0.5) is 9.18 Å². The molecule has 0 aromatic heterocycles. The zero-order valence-corrected chi connectivity index (χ0v) is 19.2. The Bertz CT molecular complexity index is 897. The van der Waals surface area contributed by atoms with Gasteiger partial charge in [-0.05, 0) is 66.0 Å². The average Bonchev–Trinajstić information content (AvgIpc) is 2.50. The summed E-state index contributed by atoms with van der Waals surface area (Å²) in [5, 5.41) is 11.3. The Labute approximate surface area is 181 Å². The normalized spacial score (nSPS) is 12.5. The molecule has 0 atom stereocenters. The van der Waals surface area contributed by atoms with Crippen molar-refractivity contribution >= 4 is 33.7 Å². The molecule has 0 aliphatic carbocycles. The molecule has 0 unspecified atom stereocenters. The van der Waals surface area contributed by atoms with E-state index in [-0.39, 0.29) is 0 Å². The second kappa shape index (κ2) is 9.93. The number of hydrogen-bond acceptors (Lipinski definition) is 5. The van der Waals surface area contributed by atoms with Crippen molar-refractivity contribution in [3.05, 3.63) is 28.5 Å². The molecule has 170 valence electrons. The van der Waals surface area contributed by atoms with Crippen LogP contribution in [-0.4, -0.2) is 43.3 Å². The van der Waals surface area contributed by atoms with Gasteiger partial charge in [0.1, 0.15) is 16.3 Å². The predicted octanol–water partition coefficient (Wildman–Crippen LogP) is 3.93. The molecule has 11 heteroatoms. The number of carbonyl (C=O) groups excluding carboxylic acids is 1. The van der Waals surface area contributed by atoms with Crippen molar-refractivity contribution in [1.29, 1.82) is 0 Å². The Morgan fingerprint density at radius 2 is 1.77 bits per heavy atom. The quantitative estimate of drug-likeness (QED) is 0.474. The lowest BCUT2D eigenvalue weighted by Gasteiger charge is -2.26. The minimum atomic E-state index is -4.33. The second-order valence-electron chi connectivity index (χ2n) is 8.44. The third-order valence-corrected chi connectivity index (χ3v) is 5.87. The number of aromatic carboxylic acids is 1. The van der Waals surface area contributed by atoms with Crippen LogP contribution in [0.5, 0.6) is 0 Å². The number of carbonyl (C=O) groups is 2. The summed E-state index contributed by atoms with van der Waals surface area (Å²) in [7, 11) is -4.33. The Morgan fingerprint density at radius 1 is 1.17 bits per heavy atom. The van der Waals surface area contributed by atoms with Gasteiger partial charge in [0.25, 0.3) is 0 Å². The monoisotopic (exact) mass is 466 g/mol. The molecule has 0 aliphatic heterocycles. The van der Waals surface area contributed by atoms with Gasteiger partial charge in [0, 0.05) is 12.1 Å². The lowest BCUT2D eigenvalue weighted by Crippen LogP contribution is -2.43. The van der Waals surface area contributed by atoms with Crippen molar-refractivity contribution in [2.75, 3.05) is 6.54 Å². The first kappa shape index (κ1) is 26.1. The van der Waals surface area contributed by atoms with Gasteiger partial charge < -0.3 is 15.2 Å². The van der Waals surface area contributed by atoms with Crippen LogP contribution in [0.15, 0.2) is 17.0 Å². The summed E-state index contributed by atoms with van der Waals surface area (Å²) in [5.41, 5.74) is -2.05. The molecule has 0 fully saturated rings. The van der Waals surface area contributed by atoms with E-state index < -0.39 is 54.5 Å². The molecule has 0 bridgehead atoms. The fraction of sp³-hybridized carbons (Fsp3) is 0.579. The first-order valence-corrected chi connectivity index (χ1v) is 11.1. The number of unbranched alkanes of at least 4 members (excludes halogenated alkanes) is 1. The molecule has 0 aliphatic rings. The number of sulfonamides is 1. The highest BCUT2D eigenvalue weighted by Crippen LogP contribution is 2.26. The second-order valence-corrected chi connectivity index (χ2v) is 10.5. The maximum absolute atomic E-state index is 14.2. The number of halogens is 2. The van der Waals surface area contributed by atoms with Crippen molar-refractivity contribution < 1.29 is 32.2 Å². The summed E-state index contributed by atoms with van der Waals surface area (Å²) in [4.78, 5) is 22.0. The molecule has 0 heterocycles. The van der Waals surface area contributed by atoms with E-state index in [1.807, 2.05) is 0 Å². The van der Waals surface area contributed by atoms with Gasteiger partial charge in [0.15, 0.2) is 0 Å². The average molecular weight is 467 g/mol. The number of rotatable bonds is 9. The molecule has 0 saturated carbocycles. The van der Waals surface area contributed by atoms with E-state index in [9.17, 15) is 22.4 Å². The molecule has 1 rings (SSSR count). The molecule has 1 amide bonds. The predicted molar refractivity (Wildman–Crippen MR) is 111 cm³/mol. The molecule has 0 spiro atoms. The SMILES string of the molecule is CC(C)(CCCCNC(=O)OC(C)(C)C)NS(=O)(=O)c1cc(C(=O)O)c(Cl)cc1F. The number of alkyl carbamates (subject to hydrolysis) is 1. The van der Waals surface area contributed by atoms with Gasteiger partial charge >= 0.3 is 12.1 Å². The van der Waals surface area contributed by atoms with Crippen molar-refractivity contribution in [2.24, 2.45) is 0 Å². The van der Waals surface area contributed by atoms with Gasteiger partial charge in [0.05, 0.1) is 10.6 Å². The first-order chi connectivity index (χ1) is 13.5. The van der Waals surface area contributed by atoms with Crippen LogP contribution in [0.1, 0.15) is 64.2 Å². The molecule has 0 saturated heterocycles. The summed E-state index contributed by atoms with van der Waals surface area (Å²) >= 11 is 5.66. The number of ether oxygens (including phenoxy) is 1. The third kappa shape index (κ3) is 8.45. The van der Waals surface area contributed by atoms with E-state index in [1.165, 1.54) is 0 Å². The van der Waals surface area contributed by atoms with Crippen LogP contribution in [-0.2, 0) is 14.8 Å². The molecule has 0 radical (unpaired) electrons. The summed E-state index contributed by atoms with van der Waals surface area (Å²) in [6.07, 6.45) is 0.996. The maximum atomic E-state index is 14.2. The first-order valence-electron chi connectivity index (χ1n) is 9.27. The standard InChI is InChI=1S/C19H28ClFN2O6S/c1-18(2,3)29-17(26)22-9-7-6-8-19(4,5)23-30(27,28)15-10-12(16(24)25)13(20)11-14(15)21/h10-11,23H,6-9H2,1-5H3,(H,22,26)(H,24,25). The molecule has 1 aromatic carbocycles. The number of carboxylic acid groups (broad SMARTS) is 1. The molecule has 8 nitrogen and oxygen atoms in total. The number of nitrogens with one attached hydrogen (secondary N) is 2. The van der Waals surface area contributed by atoms with Crippen LogP contribution in [0.25, 0.3) is 0 Å². The van der Waals surface area contributed by atoms with Crippen molar-refractivity contribution in [3.8, 4) is 0 Å². The van der Waals surface area contributed by atoms with Crippen molar-refractivity contribution in [3.63, 3.8) is 0 Å². The van der Waals surface area contributed by atoms with E-state index in [1.54, 1.807) is 34.6 Å². The van der Waals surface area contributed by atoms with Gasteiger partial charge in [-0.1, -0.05) is 11.6 Å². The highest BCUT2D eigenvalue weighted by Gasteiger charge is 2.29. The van der Waals surface area contributed by atoms with Gasteiger partial charge in [-0.2, -0.15) is 0 Å². The fourth-order valence-electron chi connectivity index (χ4n) is 2.57. The van der Waals surface area contributed by atoms with Gasteiger partial charge in [-0.3, -0.25) is 0 Å². The van der Waals surface area contributed by atoms with Crippen LogP contribution < -0.4 is 10.0 Å². The fourth-order valence-corrected chi connectivity index (χ4v) is 4.32. The molecule has 1 aromatic rings. The molecular weight excluding hydrogens is 439 g/mol. The number of hydrogen-bond donors (Lipinski definition) is 3. The minimum Gasteiger partial charge on any atom is -0.478 e. The molecule has 3 N–H and O–H groups in total. The summed E-state index contributed by atoms with van der Waals surface area (Å²) in [6, 6.07) is 1.36. The van der Waals surface area contributed by atoms with E-state index in [2.05, 4.69) is 10.0 Å². The zero-order chi connectivity index (χ0) is 23.3. The number of carboxylic acids is 1.